The van der Waals surface area contributed by atoms with E-state index < -0.39 is 19.2 Å². The molecule has 38 heavy (non-hydrogen) atoms. The number of Topliss-reactive ketones (excluding diaryl/α,β-unsaturated/α-hetero) is 2. The Morgan fingerprint density at radius 2 is 1.61 bits per heavy atom. The first-order valence-corrected chi connectivity index (χ1v) is 14.3. The maximum Gasteiger partial charge on any atom is 0.356 e. The average molecular weight is 522 g/mol. The van der Waals surface area contributed by atoms with Crippen LogP contribution in [0.4, 0.5) is 11.4 Å². The number of carbonyl (C=O) groups is 2. The molecule has 2 N–H and O–H groups in total. The summed E-state index contributed by atoms with van der Waals surface area (Å²) in [5.41, 5.74) is 4.58. The first-order chi connectivity index (χ1) is 18.3. The van der Waals surface area contributed by atoms with Crippen molar-refractivity contribution < 1.29 is 23.9 Å². The molecule has 3 aliphatic rings. The maximum atomic E-state index is 13.1. The van der Waals surface area contributed by atoms with Crippen LogP contribution in [0.3, 0.4) is 0 Å². The normalized spacial score (nSPS) is 21.3. The molecule has 0 saturated heterocycles. The minimum absolute atomic E-state index is 0.0233. The van der Waals surface area contributed by atoms with Gasteiger partial charge in [0.25, 0.3) is 0 Å². The molecule has 7 rings (SSSR count). The van der Waals surface area contributed by atoms with Crippen LogP contribution in [0, 0.1) is 0 Å². The van der Waals surface area contributed by atoms with E-state index in [4.69, 9.17) is 0 Å². The van der Waals surface area contributed by atoms with Gasteiger partial charge in [-0.3, -0.25) is 14.2 Å². The van der Waals surface area contributed by atoms with Crippen molar-refractivity contribution in [2.45, 2.75) is 31.2 Å². The fourth-order valence-electron chi connectivity index (χ4n) is 6.42. The van der Waals surface area contributed by atoms with Crippen LogP contribution in [0.1, 0.15) is 57.0 Å². The van der Waals surface area contributed by atoms with E-state index in [9.17, 15) is 23.9 Å². The number of hydrogen-bond acceptors (Lipinski definition) is 4. The van der Waals surface area contributed by atoms with Gasteiger partial charge in [0.05, 0.1) is 10.9 Å². The zero-order valence-corrected chi connectivity index (χ0v) is 21.3. The minimum atomic E-state index is -4.54. The lowest BCUT2D eigenvalue weighted by atomic mass is 9.95. The van der Waals surface area contributed by atoms with E-state index in [1.807, 2.05) is 12.1 Å². The van der Waals surface area contributed by atoms with Crippen molar-refractivity contribution in [2.24, 2.45) is 0 Å². The number of benzene rings is 4. The van der Waals surface area contributed by atoms with Crippen LogP contribution in [0.5, 0.6) is 0 Å². The predicted molar refractivity (Wildman–Crippen MR) is 148 cm³/mol. The van der Waals surface area contributed by atoms with Gasteiger partial charge in [-0.2, -0.15) is 0 Å². The van der Waals surface area contributed by atoms with E-state index in [1.165, 1.54) is 34.2 Å². The molecule has 0 amide bonds. The monoisotopic (exact) mass is 521 g/mol. The van der Waals surface area contributed by atoms with Gasteiger partial charge in [-0.25, -0.2) is 0 Å². The molecule has 0 aromatic heterocycles. The van der Waals surface area contributed by atoms with Crippen LogP contribution in [0.15, 0.2) is 84.4 Å². The summed E-state index contributed by atoms with van der Waals surface area (Å²) in [6.45, 7) is 0. The molecule has 4 aromatic rings. The summed E-state index contributed by atoms with van der Waals surface area (Å²) < 4.78 is 11.7. The van der Waals surface area contributed by atoms with E-state index in [0.29, 0.717) is 12.0 Å². The molecular formula is C31H24NO5P. The molecule has 4 aromatic carbocycles. The van der Waals surface area contributed by atoms with Gasteiger partial charge < -0.3 is 14.7 Å². The first kappa shape index (κ1) is 23.3. The summed E-state index contributed by atoms with van der Waals surface area (Å²) >= 11 is 0. The fraction of sp³-hybridized carbons (Fsp3) is 0.161. The lowest BCUT2D eigenvalue weighted by Crippen LogP contribution is -2.26. The Morgan fingerprint density at radius 3 is 2.42 bits per heavy atom. The predicted octanol–water partition coefficient (Wildman–Crippen LogP) is 5.89. The third-order valence-corrected chi connectivity index (χ3v) is 9.11. The third kappa shape index (κ3) is 3.52. The molecule has 1 aliphatic heterocycles. The molecule has 0 bridgehead atoms. The van der Waals surface area contributed by atoms with E-state index in [2.05, 4.69) is 53.4 Å². The van der Waals surface area contributed by atoms with Gasteiger partial charge in [0.1, 0.15) is 0 Å². The third-order valence-electron chi connectivity index (χ3n) is 8.16. The second-order valence-electron chi connectivity index (χ2n) is 10.3. The van der Waals surface area contributed by atoms with Crippen LogP contribution in [-0.2, 0) is 4.57 Å². The van der Waals surface area contributed by atoms with Crippen LogP contribution in [0.25, 0.3) is 16.8 Å². The van der Waals surface area contributed by atoms with Gasteiger partial charge in [0.15, 0.2) is 11.6 Å². The van der Waals surface area contributed by atoms with Crippen molar-refractivity contribution in [3.63, 3.8) is 0 Å². The molecule has 0 spiro atoms. The lowest BCUT2D eigenvalue weighted by molar-refractivity contribution is 0.0990. The summed E-state index contributed by atoms with van der Waals surface area (Å²) in [6.07, 6.45) is 4.97. The van der Waals surface area contributed by atoms with E-state index in [1.54, 1.807) is 6.08 Å². The zero-order valence-electron chi connectivity index (χ0n) is 20.4. The number of rotatable bonds is 3. The number of carbonyl (C=O) groups excluding carboxylic acids is 2. The second kappa shape index (κ2) is 8.34. The Bertz CT molecular complexity index is 1770. The van der Waals surface area contributed by atoms with Crippen molar-refractivity contribution in [2.75, 3.05) is 4.90 Å². The molecule has 188 valence electrons. The van der Waals surface area contributed by atoms with Crippen LogP contribution in [-0.4, -0.2) is 27.4 Å². The smallest absolute Gasteiger partial charge is 0.337 e. The highest BCUT2D eigenvalue weighted by atomic mass is 31.2. The molecule has 2 aliphatic carbocycles. The highest BCUT2D eigenvalue weighted by Gasteiger charge is 2.42. The van der Waals surface area contributed by atoms with Crippen LogP contribution in [0.2, 0.25) is 0 Å². The number of fused-ring (bicyclic) bond motifs is 5. The molecule has 7 heteroatoms. The van der Waals surface area contributed by atoms with Gasteiger partial charge in [0, 0.05) is 34.5 Å². The number of ketones is 2. The summed E-state index contributed by atoms with van der Waals surface area (Å²) in [4.78, 5) is 47.6. The molecule has 1 heterocycles. The van der Waals surface area contributed by atoms with Crippen molar-refractivity contribution in [3.8, 4) is 0 Å². The molecule has 6 nitrogen and oxygen atoms in total. The van der Waals surface area contributed by atoms with Crippen LogP contribution < -0.4 is 10.2 Å². The molecule has 1 fully saturated rings. The van der Waals surface area contributed by atoms with E-state index >= 15 is 0 Å². The molecule has 2 atom stereocenters. The minimum Gasteiger partial charge on any atom is -0.337 e. The quantitative estimate of drug-likeness (QED) is 0.198. The van der Waals surface area contributed by atoms with Gasteiger partial charge >= 0.3 is 7.60 Å². The van der Waals surface area contributed by atoms with Crippen molar-refractivity contribution >= 4 is 52.7 Å². The number of anilines is 2. The molecule has 1 saturated carbocycles. The standard InChI is InChI=1S/C31H24NO5P/c33-30-24-12-11-22(38(35,36)37)17-26(24)31(34)27(30)15-18-8-13-29-25(14-18)23-6-3-7-28(23)32(29)21-10-9-19-4-1-2-5-20(19)16-21/h1-2,4-5,8-17,23,28H,3,6-7H2,(H2,35,36,37). The summed E-state index contributed by atoms with van der Waals surface area (Å²) in [7, 11) is -4.54. The highest BCUT2D eigenvalue weighted by molar-refractivity contribution is 7.60. The molecular weight excluding hydrogens is 497 g/mol. The highest BCUT2D eigenvalue weighted by Crippen LogP contribution is 2.52. The van der Waals surface area contributed by atoms with Gasteiger partial charge in [-0.05, 0) is 83.3 Å². The summed E-state index contributed by atoms with van der Waals surface area (Å²) in [5, 5.41) is 2.15. The van der Waals surface area contributed by atoms with Gasteiger partial charge in [0.2, 0.25) is 0 Å². The van der Waals surface area contributed by atoms with Gasteiger partial charge in [-0.15, -0.1) is 0 Å². The van der Waals surface area contributed by atoms with E-state index in [-0.39, 0.29) is 22.0 Å². The van der Waals surface area contributed by atoms with Gasteiger partial charge in [-0.1, -0.05) is 42.8 Å². The Labute approximate surface area is 219 Å². The Morgan fingerprint density at radius 1 is 0.816 bits per heavy atom. The van der Waals surface area contributed by atoms with Crippen LogP contribution >= 0.6 is 7.60 Å². The largest absolute Gasteiger partial charge is 0.356 e. The number of nitrogens with zero attached hydrogens (tertiary/aromatic N) is 1. The average Bonchev–Trinajstić information content (AvgIpc) is 3.56. The SMILES string of the molecule is O=C1C(=Cc2ccc3c(c2)C2CCCC2N3c2ccc3ccccc3c2)C(=O)c2cc(P(=O)(O)O)ccc21. The Kier molecular flexibility index (Phi) is 5.11. The molecule has 2 unspecified atom stereocenters. The van der Waals surface area contributed by atoms with E-state index in [0.717, 1.165) is 36.6 Å². The molecule has 0 radical (unpaired) electrons. The number of hydrogen-bond donors (Lipinski definition) is 2. The lowest BCUT2D eigenvalue weighted by Gasteiger charge is -2.27. The topological polar surface area (TPSA) is 94.9 Å². The fourth-order valence-corrected chi connectivity index (χ4v) is 6.98. The Hall–Kier alpha value is -3.83. The van der Waals surface area contributed by atoms with Crippen molar-refractivity contribution in [1.82, 2.24) is 0 Å². The van der Waals surface area contributed by atoms with Crippen molar-refractivity contribution in [1.29, 1.82) is 0 Å². The maximum absolute atomic E-state index is 13.1. The Balaban J connectivity index is 1.27. The zero-order chi connectivity index (χ0) is 26.2. The first-order valence-electron chi connectivity index (χ1n) is 12.7. The second-order valence-corrected chi connectivity index (χ2v) is 11.9. The summed E-state index contributed by atoms with van der Waals surface area (Å²) in [6, 6.07) is 25.1. The number of allylic oxidation sites excluding steroid dienone is 1. The summed E-state index contributed by atoms with van der Waals surface area (Å²) in [5.74, 6) is -0.538. The van der Waals surface area contributed by atoms with Crippen molar-refractivity contribution in [3.05, 3.63) is 107 Å².